The number of hydrogen-bond donors (Lipinski definition) is 2. The van der Waals surface area contributed by atoms with Crippen molar-refractivity contribution in [1.29, 1.82) is 0 Å². The summed E-state index contributed by atoms with van der Waals surface area (Å²) in [6.45, 7) is 6.06. The molecule has 0 spiro atoms. The molecular weight excluding hydrogens is 373 g/mol. The number of anilines is 1. The highest BCUT2D eigenvalue weighted by atomic mass is 35.5. The molecule has 2 rings (SSSR count). The van der Waals surface area contributed by atoms with Crippen LogP contribution in [0.4, 0.5) is 5.69 Å². The van der Waals surface area contributed by atoms with Crippen LogP contribution >= 0.6 is 23.2 Å². The van der Waals surface area contributed by atoms with Gasteiger partial charge in [0.2, 0.25) is 11.8 Å². The van der Waals surface area contributed by atoms with Gasteiger partial charge in [0.15, 0.2) is 0 Å². The number of rotatable bonds is 7. The SMILES string of the molecule is CCCCNC(=O)[C@H]1CCCN([C@@H](C)C(=O)Nc2cccc(Cl)c2Cl)C1. The summed E-state index contributed by atoms with van der Waals surface area (Å²) in [5.74, 6) is -0.125. The molecule has 1 aromatic rings. The van der Waals surface area contributed by atoms with E-state index in [1.54, 1.807) is 18.2 Å². The fourth-order valence-corrected chi connectivity index (χ4v) is 3.46. The molecule has 0 bridgehead atoms. The molecule has 0 aliphatic carbocycles. The highest BCUT2D eigenvalue weighted by molar-refractivity contribution is 6.44. The molecule has 1 heterocycles. The molecule has 7 heteroatoms. The minimum absolute atomic E-state index is 0.0642. The molecule has 1 aliphatic heterocycles. The number of piperidine rings is 1. The largest absolute Gasteiger partial charge is 0.356 e. The smallest absolute Gasteiger partial charge is 0.241 e. The Hall–Kier alpha value is -1.30. The van der Waals surface area contributed by atoms with Crippen molar-refractivity contribution in [3.8, 4) is 0 Å². The summed E-state index contributed by atoms with van der Waals surface area (Å²) in [6.07, 6.45) is 3.81. The van der Waals surface area contributed by atoms with Crippen molar-refractivity contribution in [3.05, 3.63) is 28.2 Å². The molecule has 0 unspecified atom stereocenters. The Bertz CT molecular complexity index is 639. The van der Waals surface area contributed by atoms with E-state index in [9.17, 15) is 9.59 Å². The fourth-order valence-electron chi connectivity index (χ4n) is 3.11. The lowest BCUT2D eigenvalue weighted by molar-refractivity contribution is -0.129. The Morgan fingerprint density at radius 2 is 2.12 bits per heavy atom. The molecule has 2 N–H and O–H groups in total. The summed E-state index contributed by atoms with van der Waals surface area (Å²) in [6, 6.07) is 4.79. The number of carbonyl (C=O) groups is 2. The van der Waals surface area contributed by atoms with Crippen molar-refractivity contribution in [2.75, 3.05) is 25.0 Å². The molecule has 0 radical (unpaired) electrons. The van der Waals surface area contributed by atoms with Gasteiger partial charge in [0.05, 0.1) is 27.7 Å². The van der Waals surface area contributed by atoms with Crippen LogP contribution in [-0.2, 0) is 9.59 Å². The first kappa shape index (κ1) is 21.0. The second-order valence-electron chi connectivity index (χ2n) is 6.75. The van der Waals surface area contributed by atoms with Gasteiger partial charge in [-0.05, 0) is 44.9 Å². The molecule has 0 saturated carbocycles. The van der Waals surface area contributed by atoms with Crippen molar-refractivity contribution < 1.29 is 9.59 Å². The summed E-state index contributed by atoms with van der Waals surface area (Å²) >= 11 is 12.1. The molecular formula is C19H27Cl2N3O2. The molecule has 2 atom stereocenters. The summed E-state index contributed by atoms with van der Waals surface area (Å²) in [4.78, 5) is 27.0. The van der Waals surface area contributed by atoms with Gasteiger partial charge in [0, 0.05) is 13.1 Å². The molecule has 2 amide bonds. The zero-order valence-corrected chi connectivity index (χ0v) is 16.9. The molecule has 5 nitrogen and oxygen atoms in total. The maximum absolute atomic E-state index is 12.6. The zero-order valence-electron chi connectivity index (χ0n) is 15.4. The van der Waals surface area contributed by atoms with E-state index in [0.29, 0.717) is 22.3 Å². The number of nitrogens with zero attached hydrogens (tertiary/aromatic N) is 1. The van der Waals surface area contributed by atoms with Gasteiger partial charge in [0.25, 0.3) is 0 Å². The van der Waals surface area contributed by atoms with E-state index in [2.05, 4.69) is 22.5 Å². The van der Waals surface area contributed by atoms with Crippen LogP contribution in [-0.4, -0.2) is 42.4 Å². The van der Waals surface area contributed by atoms with Gasteiger partial charge in [0.1, 0.15) is 0 Å². The number of nitrogens with one attached hydrogen (secondary N) is 2. The Balaban J connectivity index is 1.93. The first-order valence-corrected chi connectivity index (χ1v) is 9.96. The van der Waals surface area contributed by atoms with Crippen molar-refractivity contribution in [2.24, 2.45) is 5.92 Å². The number of hydrogen-bond acceptors (Lipinski definition) is 3. The van der Waals surface area contributed by atoms with Crippen LogP contribution in [0.3, 0.4) is 0 Å². The van der Waals surface area contributed by atoms with E-state index in [1.165, 1.54) is 0 Å². The maximum atomic E-state index is 12.6. The van der Waals surface area contributed by atoms with Gasteiger partial charge in [-0.2, -0.15) is 0 Å². The molecule has 144 valence electrons. The molecule has 0 aromatic heterocycles. The third-order valence-electron chi connectivity index (χ3n) is 4.79. The second kappa shape index (κ2) is 10.1. The van der Waals surface area contributed by atoms with Crippen LogP contribution in [0, 0.1) is 5.92 Å². The zero-order chi connectivity index (χ0) is 19.1. The van der Waals surface area contributed by atoms with Crippen LogP contribution in [0.25, 0.3) is 0 Å². The molecule has 26 heavy (non-hydrogen) atoms. The lowest BCUT2D eigenvalue weighted by atomic mass is 9.95. The first-order chi connectivity index (χ1) is 12.4. The minimum atomic E-state index is -0.351. The van der Waals surface area contributed by atoms with E-state index in [-0.39, 0.29) is 23.8 Å². The summed E-state index contributed by atoms with van der Waals surface area (Å²) in [5, 5.41) is 6.57. The molecule has 1 fully saturated rings. The molecule has 1 aromatic carbocycles. The Labute approximate surface area is 165 Å². The predicted molar refractivity (Wildman–Crippen MR) is 107 cm³/mol. The average Bonchev–Trinajstić information content (AvgIpc) is 2.65. The topological polar surface area (TPSA) is 61.4 Å². The third kappa shape index (κ3) is 5.60. The maximum Gasteiger partial charge on any atom is 0.241 e. The minimum Gasteiger partial charge on any atom is -0.356 e. The van der Waals surface area contributed by atoms with Gasteiger partial charge in [-0.15, -0.1) is 0 Å². The monoisotopic (exact) mass is 399 g/mol. The van der Waals surface area contributed by atoms with Gasteiger partial charge < -0.3 is 10.6 Å². The molecule has 1 aliphatic rings. The Morgan fingerprint density at radius 3 is 2.85 bits per heavy atom. The van der Waals surface area contributed by atoms with E-state index >= 15 is 0 Å². The average molecular weight is 400 g/mol. The number of amides is 2. The van der Waals surface area contributed by atoms with Crippen LogP contribution in [0.2, 0.25) is 10.0 Å². The van der Waals surface area contributed by atoms with Crippen molar-refractivity contribution in [3.63, 3.8) is 0 Å². The highest BCUT2D eigenvalue weighted by Crippen LogP contribution is 2.30. The van der Waals surface area contributed by atoms with Crippen molar-refractivity contribution >= 4 is 40.7 Å². The lowest BCUT2D eigenvalue weighted by Gasteiger charge is -2.35. The van der Waals surface area contributed by atoms with Crippen molar-refractivity contribution in [2.45, 2.75) is 45.6 Å². The number of halogens is 2. The highest BCUT2D eigenvalue weighted by Gasteiger charge is 2.30. The van der Waals surface area contributed by atoms with Gasteiger partial charge in [-0.25, -0.2) is 0 Å². The Morgan fingerprint density at radius 1 is 1.35 bits per heavy atom. The summed E-state index contributed by atoms with van der Waals surface area (Å²) < 4.78 is 0. The quantitative estimate of drug-likeness (QED) is 0.682. The third-order valence-corrected chi connectivity index (χ3v) is 5.61. The van der Waals surface area contributed by atoms with E-state index in [4.69, 9.17) is 23.2 Å². The number of unbranched alkanes of at least 4 members (excludes halogenated alkanes) is 1. The van der Waals surface area contributed by atoms with E-state index < -0.39 is 0 Å². The van der Waals surface area contributed by atoms with E-state index in [1.807, 2.05) is 6.92 Å². The van der Waals surface area contributed by atoms with Crippen molar-refractivity contribution in [1.82, 2.24) is 10.2 Å². The second-order valence-corrected chi connectivity index (χ2v) is 7.53. The standard InChI is InChI=1S/C19H27Cl2N3O2/c1-3-4-10-22-19(26)14-7-6-11-24(12-14)13(2)18(25)23-16-9-5-8-15(20)17(16)21/h5,8-9,13-14H,3-4,6-7,10-12H2,1-2H3,(H,22,26)(H,23,25)/t13-,14-/m0/s1. The summed E-state index contributed by atoms with van der Waals surface area (Å²) in [5.41, 5.74) is 0.502. The fraction of sp³-hybridized carbons (Fsp3) is 0.579. The normalized spacial score (nSPS) is 19.0. The number of carbonyl (C=O) groups excluding carboxylic acids is 2. The molecule has 1 saturated heterocycles. The van der Waals surface area contributed by atoms with Crippen LogP contribution < -0.4 is 10.6 Å². The predicted octanol–water partition coefficient (Wildman–Crippen LogP) is 3.95. The van der Waals surface area contributed by atoms with Crippen LogP contribution in [0.15, 0.2) is 18.2 Å². The summed E-state index contributed by atoms with van der Waals surface area (Å²) in [7, 11) is 0. The van der Waals surface area contributed by atoms with Gasteiger partial charge in [-0.3, -0.25) is 14.5 Å². The lowest BCUT2D eigenvalue weighted by Crippen LogP contribution is -2.50. The number of benzene rings is 1. The van der Waals surface area contributed by atoms with Crippen LogP contribution in [0.5, 0.6) is 0 Å². The number of likely N-dealkylation sites (tertiary alicyclic amines) is 1. The van der Waals surface area contributed by atoms with E-state index in [0.717, 1.165) is 38.8 Å². The van der Waals surface area contributed by atoms with Gasteiger partial charge >= 0.3 is 0 Å². The first-order valence-electron chi connectivity index (χ1n) is 9.20. The Kier molecular flexibility index (Phi) is 8.19. The van der Waals surface area contributed by atoms with Crippen LogP contribution in [0.1, 0.15) is 39.5 Å². The van der Waals surface area contributed by atoms with Gasteiger partial charge in [-0.1, -0.05) is 42.6 Å².